The van der Waals surface area contributed by atoms with Gasteiger partial charge in [-0.1, -0.05) is 23.7 Å². The first-order valence-electron chi connectivity index (χ1n) is 8.69. The minimum Gasteiger partial charge on any atom is -0.375 e. The molecular weight excluding hydrogens is 453 g/mol. The average Bonchev–Trinajstić information content (AvgIpc) is 3.14. The van der Waals surface area contributed by atoms with Crippen LogP contribution in [0, 0.1) is 0 Å². The summed E-state index contributed by atoms with van der Waals surface area (Å²) < 4.78 is 11.7. The molecule has 2 fully saturated rings. The Bertz CT molecular complexity index is 567. The van der Waals surface area contributed by atoms with Gasteiger partial charge in [-0.15, -0.1) is 24.0 Å². The van der Waals surface area contributed by atoms with Crippen molar-refractivity contribution in [3.8, 4) is 0 Å². The summed E-state index contributed by atoms with van der Waals surface area (Å²) in [6.45, 7) is 4.10. The molecule has 1 aromatic rings. The smallest absolute Gasteiger partial charge is 0.193 e. The third-order valence-corrected chi connectivity index (χ3v) is 4.81. The van der Waals surface area contributed by atoms with Crippen LogP contribution in [-0.4, -0.2) is 63.0 Å². The largest absolute Gasteiger partial charge is 0.375 e. The highest BCUT2D eigenvalue weighted by Gasteiger charge is 2.32. The fourth-order valence-corrected chi connectivity index (χ4v) is 3.54. The molecule has 0 amide bonds. The molecule has 140 valence electrons. The van der Waals surface area contributed by atoms with Crippen LogP contribution in [0.4, 0.5) is 0 Å². The Morgan fingerprint density at radius 3 is 2.88 bits per heavy atom. The maximum atomic E-state index is 6.04. The zero-order valence-corrected chi connectivity index (χ0v) is 17.7. The Kier molecular flexibility index (Phi) is 8.75. The number of benzene rings is 1. The lowest BCUT2D eigenvalue weighted by Crippen LogP contribution is -2.53. The van der Waals surface area contributed by atoms with Gasteiger partial charge in [0.1, 0.15) is 6.10 Å². The number of nitrogens with one attached hydrogen (secondary N) is 1. The van der Waals surface area contributed by atoms with Crippen LogP contribution in [0.25, 0.3) is 0 Å². The molecule has 0 aromatic heterocycles. The summed E-state index contributed by atoms with van der Waals surface area (Å²) in [5, 5.41) is 4.24. The molecule has 0 radical (unpaired) electrons. The highest BCUT2D eigenvalue weighted by Crippen LogP contribution is 2.21. The molecule has 0 saturated carbocycles. The van der Waals surface area contributed by atoms with Crippen LogP contribution in [0.1, 0.15) is 18.4 Å². The zero-order chi connectivity index (χ0) is 16.8. The summed E-state index contributed by atoms with van der Waals surface area (Å²) in [6, 6.07) is 7.99. The van der Waals surface area contributed by atoms with Crippen LogP contribution < -0.4 is 5.32 Å². The van der Waals surface area contributed by atoms with E-state index in [9.17, 15) is 0 Å². The standard InChI is InChI=1S/C18H26ClN3O2.HI/c1-20-18(21-8-7-14-4-2-5-15(19)12-14)22-9-11-24-17(13-22)16-6-3-10-23-16;/h2,4-5,12,16-17H,3,6-11,13H2,1H3,(H,20,21);1H. The van der Waals surface area contributed by atoms with Crippen molar-refractivity contribution in [2.45, 2.75) is 31.5 Å². The first-order valence-corrected chi connectivity index (χ1v) is 9.07. The van der Waals surface area contributed by atoms with Crippen LogP contribution >= 0.6 is 35.6 Å². The SMILES string of the molecule is CN=C(NCCc1cccc(Cl)c1)N1CCOC(C2CCCO2)C1.I. The quantitative estimate of drug-likeness (QED) is 0.410. The predicted molar refractivity (Wildman–Crippen MR) is 112 cm³/mol. The number of hydrogen-bond donors (Lipinski definition) is 1. The van der Waals surface area contributed by atoms with Gasteiger partial charge >= 0.3 is 0 Å². The van der Waals surface area contributed by atoms with E-state index in [1.807, 2.05) is 25.2 Å². The molecule has 1 N–H and O–H groups in total. The van der Waals surface area contributed by atoms with Gasteiger partial charge in [-0.2, -0.15) is 0 Å². The number of morpholine rings is 1. The van der Waals surface area contributed by atoms with E-state index in [2.05, 4.69) is 21.3 Å². The molecular formula is C18H27ClIN3O2. The topological polar surface area (TPSA) is 46.1 Å². The summed E-state index contributed by atoms with van der Waals surface area (Å²) >= 11 is 6.04. The molecule has 2 saturated heterocycles. The second-order valence-electron chi connectivity index (χ2n) is 6.26. The Morgan fingerprint density at radius 2 is 2.16 bits per heavy atom. The van der Waals surface area contributed by atoms with Crippen molar-refractivity contribution < 1.29 is 9.47 Å². The maximum Gasteiger partial charge on any atom is 0.193 e. The summed E-state index contributed by atoms with van der Waals surface area (Å²) in [6.07, 6.45) is 3.53. The molecule has 0 aliphatic carbocycles. The second kappa shape index (κ2) is 10.5. The van der Waals surface area contributed by atoms with Gasteiger partial charge in [0.2, 0.25) is 0 Å². The first kappa shape index (κ1) is 20.7. The van der Waals surface area contributed by atoms with E-state index in [4.69, 9.17) is 21.1 Å². The Hall–Kier alpha value is -0.570. The molecule has 2 aliphatic heterocycles. The predicted octanol–water partition coefficient (Wildman–Crippen LogP) is 2.96. The van der Waals surface area contributed by atoms with Crippen molar-refractivity contribution in [3.63, 3.8) is 0 Å². The van der Waals surface area contributed by atoms with E-state index in [0.29, 0.717) is 0 Å². The Morgan fingerprint density at radius 1 is 1.32 bits per heavy atom. The molecule has 2 unspecified atom stereocenters. The number of halogens is 2. The van der Waals surface area contributed by atoms with Gasteiger partial charge in [0, 0.05) is 38.3 Å². The molecule has 2 heterocycles. The fourth-order valence-electron chi connectivity index (χ4n) is 3.33. The number of guanidine groups is 1. The van der Waals surface area contributed by atoms with Crippen LogP contribution in [-0.2, 0) is 15.9 Å². The van der Waals surface area contributed by atoms with Gasteiger partial charge in [0.05, 0.1) is 12.7 Å². The van der Waals surface area contributed by atoms with E-state index in [1.54, 1.807) is 0 Å². The van der Waals surface area contributed by atoms with Crippen LogP contribution in [0.2, 0.25) is 5.02 Å². The molecule has 0 spiro atoms. The van der Waals surface area contributed by atoms with Crippen molar-refractivity contribution in [1.82, 2.24) is 10.2 Å². The van der Waals surface area contributed by atoms with E-state index < -0.39 is 0 Å². The molecule has 2 aliphatic rings. The number of hydrogen-bond acceptors (Lipinski definition) is 3. The van der Waals surface area contributed by atoms with Gasteiger partial charge in [-0.05, 0) is 37.0 Å². The van der Waals surface area contributed by atoms with Gasteiger partial charge < -0.3 is 19.7 Å². The number of aliphatic imine (C=N–C) groups is 1. The van der Waals surface area contributed by atoms with Crippen LogP contribution in [0.5, 0.6) is 0 Å². The third-order valence-electron chi connectivity index (χ3n) is 4.57. The van der Waals surface area contributed by atoms with E-state index in [1.165, 1.54) is 5.56 Å². The molecule has 5 nitrogen and oxygen atoms in total. The highest BCUT2D eigenvalue weighted by molar-refractivity contribution is 14.0. The fraction of sp³-hybridized carbons (Fsp3) is 0.611. The van der Waals surface area contributed by atoms with Gasteiger partial charge in [-0.25, -0.2) is 0 Å². The summed E-state index contributed by atoms with van der Waals surface area (Å²) in [5.74, 6) is 0.934. The molecule has 25 heavy (non-hydrogen) atoms. The van der Waals surface area contributed by atoms with Crippen molar-refractivity contribution in [3.05, 3.63) is 34.9 Å². The van der Waals surface area contributed by atoms with Crippen molar-refractivity contribution >= 4 is 41.5 Å². The molecule has 3 rings (SSSR count). The normalized spacial score (nSPS) is 24.1. The van der Waals surface area contributed by atoms with Crippen LogP contribution in [0.3, 0.4) is 0 Å². The van der Waals surface area contributed by atoms with E-state index >= 15 is 0 Å². The maximum absolute atomic E-state index is 6.04. The molecule has 0 bridgehead atoms. The summed E-state index contributed by atoms with van der Waals surface area (Å²) in [5.41, 5.74) is 1.23. The third kappa shape index (κ3) is 5.98. The Labute approximate surface area is 172 Å². The minimum absolute atomic E-state index is 0. The monoisotopic (exact) mass is 479 g/mol. The first-order chi connectivity index (χ1) is 11.8. The van der Waals surface area contributed by atoms with Gasteiger partial charge in [-0.3, -0.25) is 4.99 Å². The molecule has 7 heteroatoms. The van der Waals surface area contributed by atoms with Crippen LogP contribution in [0.15, 0.2) is 29.3 Å². The lowest BCUT2D eigenvalue weighted by atomic mass is 10.1. The van der Waals surface area contributed by atoms with Crippen molar-refractivity contribution in [2.24, 2.45) is 4.99 Å². The number of nitrogens with zero attached hydrogens (tertiary/aromatic N) is 2. The highest BCUT2D eigenvalue weighted by atomic mass is 127. The number of rotatable bonds is 4. The summed E-state index contributed by atoms with van der Waals surface area (Å²) in [7, 11) is 1.83. The van der Waals surface area contributed by atoms with E-state index in [-0.39, 0.29) is 36.2 Å². The lowest BCUT2D eigenvalue weighted by molar-refractivity contribution is -0.0816. The minimum atomic E-state index is 0. The van der Waals surface area contributed by atoms with Crippen molar-refractivity contribution in [2.75, 3.05) is 39.9 Å². The van der Waals surface area contributed by atoms with E-state index in [0.717, 1.165) is 63.1 Å². The average molecular weight is 480 g/mol. The van der Waals surface area contributed by atoms with Crippen molar-refractivity contribution in [1.29, 1.82) is 0 Å². The summed E-state index contributed by atoms with van der Waals surface area (Å²) in [4.78, 5) is 6.70. The van der Waals surface area contributed by atoms with Gasteiger partial charge in [0.15, 0.2) is 5.96 Å². The zero-order valence-electron chi connectivity index (χ0n) is 14.6. The molecule has 1 aromatic carbocycles. The lowest BCUT2D eigenvalue weighted by Gasteiger charge is -2.37. The second-order valence-corrected chi connectivity index (χ2v) is 6.70. The van der Waals surface area contributed by atoms with Gasteiger partial charge in [0.25, 0.3) is 0 Å². The number of ether oxygens (including phenoxy) is 2. The Balaban J connectivity index is 0.00000225. The molecule has 2 atom stereocenters.